The second kappa shape index (κ2) is 10.3. The van der Waals surface area contributed by atoms with Crippen molar-refractivity contribution in [2.45, 2.75) is 43.6 Å². The van der Waals surface area contributed by atoms with Crippen molar-refractivity contribution in [3.63, 3.8) is 0 Å². The number of rotatable bonds is 10. The van der Waals surface area contributed by atoms with Gasteiger partial charge in [-0.2, -0.15) is 0 Å². The van der Waals surface area contributed by atoms with E-state index in [1.807, 2.05) is 12.2 Å². The van der Waals surface area contributed by atoms with Gasteiger partial charge in [0.1, 0.15) is 12.0 Å². The Hall–Kier alpha value is -1.85. The standard InChI is InChI=1S/C20H25ClO5/c21-18-11-19(23)17(13-26-15-7-5-6-14(10-15)12-22)16(18)8-3-1-2-4-9-20(24)25/h1,3,5-7,10,12,16-19,23H,2,4,8-9,11,13H2,(H,24,25)/b3-1-/t16-,17-,18+,19-/m1/s1. The number of halogens is 1. The first-order valence-electron chi connectivity index (χ1n) is 8.88. The maximum atomic E-state index is 10.8. The van der Waals surface area contributed by atoms with E-state index in [2.05, 4.69) is 0 Å². The van der Waals surface area contributed by atoms with Crippen molar-refractivity contribution in [1.29, 1.82) is 0 Å². The number of alkyl halides is 1. The van der Waals surface area contributed by atoms with Crippen LogP contribution in [0, 0.1) is 11.8 Å². The van der Waals surface area contributed by atoms with Gasteiger partial charge in [0.25, 0.3) is 0 Å². The molecule has 1 saturated carbocycles. The molecule has 0 saturated heterocycles. The normalized spacial score (nSPS) is 25.5. The summed E-state index contributed by atoms with van der Waals surface area (Å²) in [5, 5.41) is 18.8. The van der Waals surface area contributed by atoms with Gasteiger partial charge < -0.3 is 14.9 Å². The van der Waals surface area contributed by atoms with Crippen LogP contribution < -0.4 is 4.74 Å². The minimum absolute atomic E-state index is 0.0824. The largest absolute Gasteiger partial charge is 0.493 e. The highest BCUT2D eigenvalue weighted by molar-refractivity contribution is 6.21. The van der Waals surface area contributed by atoms with Gasteiger partial charge in [-0.1, -0.05) is 24.3 Å². The Labute approximate surface area is 158 Å². The zero-order chi connectivity index (χ0) is 18.9. The first-order chi connectivity index (χ1) is 12.5. The summed E-state index contributed by atoms with van der Waals surface area (Å²) in [7, 11) is 0. The van der Waals surface area contributed by atoms with E-state index in [1.54, 1.807) is 24.3 Å². The maximum absolute atomic E-state index is 10.8. The van der Waals surface area contributed by atoms with Crippen LogP contribution in [0.2, 0.25) is 0 Å². The van der Waals surface area contributed by atoms with E-state index in [0.717, 1.165) is 12.7 Å². The van der Waals surface area contributed by atoms with Gasteiger partial charge in [0.15, 0.2) is 0 Å². The van der Waals surface area contributed by atoms with Crippen LogP contribution in [0.3, 0.4) is 0 Å². The summed E-state index contributed by atoms with van der Waals surface area (Å²) in [5.74, 6) is -0.172. The van der Waals surface area contributed by atoms with Crippen molar-refractivity contribution in [2.75, 3.05) is 6.61 Å². The number of aldehydes is 1. The Balaban J connectivity index is 1.87. The molecule has 1 aliphatic rings. The number of aliphatic hydroxyl groups excluding tert-OH is 1. The summed E-state index contributed by atoms with van der Waals surface area (Å²) >= 11 is 6.41. The average Bonchev–Trinajstić information content (AvgIpc) is 2.89. The van der Waals surface area contributed by atoms with Gasteiger partial charge in [-0.25, -0.2) is 0 Å². The number of allylic oxidation sites excluding steroid dienone is 2. The number of carbonyl (C=O) groups is 2. The van der Waals surface area contributed by atoms with Crippen LogP contribution >= 0.6 is 11.6 Å². The number of carboxylic acid groups (broad SMARTS) is 1. The molecular weight excluding hydrogens is 356 g/mol. The van der Waals surface area contributed by atoms with Gasteiger partial charge in [0.2, 0.25) is 0 Å². The van der Waals surface area contributed by atoms with Gasteiger partial charge >= 0.3 is 5.97 Å². The third-order valence-corrected chi connectivity index (χ3v) is 5.25. The van der Waals surface area contributed by atoms with E-state index < -0.39 is 12.1 Å². The Bertz CT molecular complexity index is 630. The third kappa shape index (κ3) is 6.15. The van der Waals surface area contributed by atoms with Crippen molar-refractivity contribution in [1.82, 2.24) is 0 Å². The average molecular weight is 381 g/mol. The fourth-order valence-electron chi connectivity index (χ4n) is 3.30. The molecule has 0 unspecified atom stereocenters. The molecule has 1 fully saturated rings. The number of aliphatic carboxylic acids is 1. The quantitative estimate of drug-likeness (QED) is 0.280. The zero-order valence-corrected chi connectivity index (χ0v) is 15.3. The summed E-state index contributed by atoms with van der Waals surface area (Å²) < 4.78 is 5.79. The molecule has 0 aliphatic heterocycles. The van der Waals surface area contributed by atoms with E-state index in [0.29, 0.717) is 37.2 Å². The smallest absolute Gasteiger partial charge is 0.303 e. The maximum Gasteiger partial charge on any atom is 0.303 e. The number of carbonyl (C=O) groups excluding carboxylic acids is 1. The van der Waals surface area contributed by atoms with E-state index in [-0.39, 0.29) is 23.6 Å². The Morgan fingerprint density at radius 2 is 2.12 bits per heavy atom. The number of carboxylic acids is 1. The Morgan fingerprint density at radius 1 is 1.31 bits per heavy atom. The molecule has 142 valence electrons. The molecule has 2 rings (SSSR count). The van der Waals surface area contributed by atoms with Crippen molar-refractivity contribution in [2.24, 2.45) is 11.8 Å². The molecule has 0 bridgehead atoms. The van der Waals surface area contributed by atoms with Crippen molar-refractivity contribution in [3.8, 4) is 5.75 Å². The highest BCUT2D eigenvalue weighted by Crippen LogP contribution is 2.39. The van der Waals surface area contributed by atoms with Crippen LogP contribution in [0.4, 0.5) is 0 Å². The molecular formula is C20H25ClO5. The molecule has 5 nitrogen and oxygen atoms in total. The summed E-state index contributed by atoms with van der Waals surface area (Å²) in [4.78, 5) is 21.3. The number of unbranched alkanes of at least 4 members (excludes halogenated alkanes) is 1. The van der Waals surface area contributed by atoms with Crippen molar-refractivity contribution >= 4 is 23.9 Å². The van der Waals surface area contributed by atoms with Crippen LogP contribution in [0.1, 0.15) is 42.5 Å². The molecule has 1 aromatic carbocycles. The van der Waals surface area contributed by atoms with Crippen molar-refractivity contribution < 1.29 is 24.5 Å². The number of hydrogen-bond acceptors (Lipinski definition) is 4. The monoisotopic (exact) mass is 380 g/mol. The number of aliphatic hydroxyl groups is 1. The van der Waals surface area contributed by atoms with E-state index in [9.17, 15) is 14.7 Å². The molecule has 0 radical (unpaired) electrons. The molecule has 0 heterocycles. The summed E-state index contributed by atoms with van der Waals surface area (Å²) in [6.07, 6.45) is 6.99. The number of ether oxygens (including phenoxy) is 1. The van der Waals surface area contributed by atoms with E-state index in [1.165, 1.54) is 0 Å². The fraction of sp³-hybridized carbons (Fsp3) is 0.500. The Morgan fingerprint density at radius 3 is 2.85 bits per heavy atom. The third-order valence-electron chi connectivity index (χ3n) is 4.75. The zero-order valence-electron chi connectivity index (χ0n) is 14.6. The van der Waals surface area contributed by atoms with Gasteiger partial charge in [-0.3, -0.25) is 9.59 Å². The minimum atomic E-state index is -0.783. The summed E-state index contributed by atoms with van der Waals surface area (Å²) in [6.45, 7) is 0.338. The SMILES string of the molecule is O=Cc1cccc(OC[C@@H]2[C@@H](C/C=C\CCCC(=O)O)[C@@H](Cl)C[C@H]2O)c1. The lowest BCUT2D eigenvalue weighted by Crippen LogP contribution is -2.27. The van der Waals surface area contributed by atoms with Gasteiger partial charge in [0, 0.05) is 23.3 Å². The summed E-state index contributed by atoms with van der Waals surface area (Å²) in [5.41, 5.74) is 0.547. The van der Waals surface area contributed by atoms with Gasteiger partial charge in [-0.05, 0) is 43.7 Å². The lowest BCUT2D eigenvalue weighted by Gasteiger charge is -2.22. The van der Waals surface area contributed by atoms with E-state index in [4.69, 9.17) is 21.4 Å². The lowest BCUT2D eigenvalue weighted by atomic mass is 9.92. The second-order valence-corrected chi connectivity index (χ2v) is 7.20. The van der Waals surface area contributed by atoms with Crippen molar-refractivity contribution in [3.05, 3.63) is 42.0 Å². The van der Waals surface area contributed by atoms with Crippen LogP contribution in [-0.2, 0) is 4.79 Å². The molecule has 2 N–H and O–H groups in total. The molecule has 6 heteroatoms. The van der Waals surface area contributed by atoms with Crippen LogP contribution in [0.25, 0.3) is 0 Å². The van der Waals surface area contributed by atoms with Gasteiger partial charge in [0.05, 0.1) is 12.7 Å². The highest BCUT2D eigenvalue weighted by Gasteiger charge is 2.41. The van der Waals surface area contributed by atoms with E-state index >= 15 is 0 Å². The van der Waals surface area contributed by atoms with Gasteiger partial charge in [-0.15, -0.1) is 11.6 Å². The molecule has 4 atom stereocenters. The van der Waals surface area contributed by atoms with Crippen LogP contribution in [0.5, 0.6) is 5.75 Å². The molecule has 0 aromatic heterocycles. The minimum Gasteiger partial charge on any atom is -0.493 e. The molecule has 0 spiro atoms. The Kier molecular flexibility index (Phi) is 8.13. The first kappa shape index (κ1) is 20.5. The lowest BCUT2D eigenvalue weighted by molar-refractivity contribution is -0.137. The summed E-state index contributed by atoms with van der Waals surface area (Å²) in [6, 6.07) is 6.91. The number of benzene rings is 1. The second-order valence-electron chi connectivity index (χ2n) is 6.64. The molecule has 26 heavy (non-hydrogen) atoms. The predicted octanol–water partition coefficient (Wildman–Crippen LogP) is 3.68. The molecule has 1 aliphatic carbocycles. The molecule has 0 amide bonds. The predicted molar refractivity (Wildman–Crippen MR) is 99.8 cm³/mol. The molecule has 1 aromatic rings. The number of hydrogen-bond donors (Lipinski definition) is 2. The first-order valence-corrected chi connectivity index (χ1v) is 9.32. The fourth-order valence-corrected chi connectivity index (χ4v) is 3.78. The van der Waals surface area contributed by atoms with Crippen LogP contribution in [0.15, 0.2) is 36.4 Å². The topological polar surface area (TPSA) is 83.8 Å². The highest BCUT2D eigenvalue weighted by atomic mass is 35.5. The van der Waals surface area contributed by atoms with Crippen LogP contribution in [-0.4, -0.2) is 40.6 Å².